The molecule has 154 valence electrons. The number of hydrogen-bond acceptors (Lipinski definition) is 5. The van der Waals surface area contributed by atoms with Crippen LogP contribution in [0.4, 0.5) is 19.0 Å². The first-order valence-electron chi connectivity index (χ1n) is 9.64. The lowest BCUT2D eigenvalue weighted by Crippen LogP contribution is -2.35. The summed E-state index contributed by atoms with van der Waals surface area (Å²) in [6, 6.07) is 6.26. The van der Waals surface area contributed by atoms with Crippen LogP contribution in [-0.4, -0.2) is 37.9 Å². The predicted octanol–water partition coefficient (Wildman–Crippen LogP) is 4.22. The zero-order valence-corrected chi connectivity index (χ0v) is 16.6. The minimum Gasteiger partial charge on any atom is -0.356 e. The number of piperidine rings is 1. The number of halogens is 3. The monoisotopic (exact) mass is 404 g/mol. The molecular weight excluding hydrogens is 381 g/mol. The number of aromatic nitrogens is 5. The van der Waals surface area contributed by atoms with E-state index in [4.69, 9.17) is 5.10 Å². The van der Waals surface area contributed by atoms with Crippen molar-refractivity contribution in [2.24, 2.45) is 0 Å². The van der Waals surface area contributed by atoms with Gasteiger partial charge in [0.15, 0.2) is 11.5 Å². The lowest BCUT2D eigenvalue weighted by atomic mass is 9.92. The molecule has 4 rings (SSSR count). The number of anilines is 1. The molecule has 4 heterocycles. The van der Waals surface area contributed by atoms with Gasteiger partial charge in [0.25, 0.3) is 0 Å². The largest absolute Gasteiger partial charge is 0.419 e. The molecule has 29 heavy (non-hydrogen) atoms. The highest BCUT2D eigenvalue weighted by Gasteiger charge is 2.37. The number of nitrogens with zero attached hydrogens (tertiary/aromatic N) is 6. The van der Waals surface area contributed by atoms with Crippen LogP contribution < -0.4 is 4.90 Å². The van der Waals surface area contributed by atoms with Crippen molar-refractivity contribution in [3.63, 3.8) is 0 Å². The quantitative estimate of drug-likeness (QED) is 0.640. The van der Waals surface area contributed by atoms with E-state index in [2.05, 4.69) is 36.0 Å². The van der Waals surface area contributed by atoms with Crippen LogP contribution >= 0.6 is 0 Å². The Bertz CT molecular complexity index is 1010. The van der Waals surface area contributed by atoms with Gasteiger partial charge in [-0.3, -0.25) is 0 Å². The van der Waals surface area contributed by atoms with Gasteiger partial charge in [-0.25, -0.2) is 4.98 Å². The maximum Gasteiger partial charge on any atom is 0.419 e. The summed E-state index contributed by atoms with van der Waals surface area (Å²) in [5.41, 5.74) is 0.820. The van der Waals surface area contributed by atoms with E-state index in [9.17, 15) is 13.2 Å². The van der Waals surface area contributed by atoms with Crippen molar-refractivity contribution in [3.05, 3.63) is 47.5 Å². The van der Waals surface area contributed by atoms with Crippen LogP contribution in [0.25, 0.3) is 5.65 Å². The fraction of sp³-hybridized carbons (Fsp3) is 0.500. The number of alkyl halides is 3. The van der Waals surface area contributed by atoms with Gasteiger partial charge in [-0.1, -0.05) is 20.8 Å². The zero-order chi connectivity index (χ0) is 20.8. The maximum atomic E-state index is 13.3. The third-order valence-corrected chi connectivity index (χ3v) is 5.31. The molecular formula is C20H23F3N6. The topological polar surface area (TPSA) is 59.2 Å². The number of fused-ring (bicyclic) bond motifs is 1. The fourth-order valence-corrected chi connectivity index (χ4v) is 3.68. The minimum atomic E-state index is -4.42. The van der Waals surface area contributed by atoms with Gasteiger partial charge in [-0.2, -0.15) is 22.8 Å². The fourth-order valence-electron chi connectivity index (χ4n) is 3.68. The zero-order valence-electron chi connectivity index (χ0n) is 16.6. The first-order chi connectivity index (χ1) is 13.6. The summed E-state index contributed by atoms with van der Waals surface area (Å²) in [5, 5.41) is 13.3. The Morgan fingerprint density at radius 3 is 2.38 bits per heavy atom. The SMILES string of the molecule is CC(C)(C)c1ccc2nnc(C3CCN(c4ncccc4C(F)(F)F)CC3)n2n1. The maximum absolute atomic E-state index is 13.3. The van der Waals surface area contributed by atoms with Crippen LogP contribution in [0.1, 0.15) is 56.6 Å². The van der Waals surface area contributed by atoms with Gasteiger partial charge in [0.05, 0.1) is 11.3 Å². The molecule has 0 atom stereocenters. The summed E-state index contributed by atoms with van der Waals surface area (Å²) >= 11 is 0. The molecule has 0 bridgehead atoms. The minimum absolute atomic E-state index is 0.00213. The van der Waals surface area contributed by atoms with Crippen molar-refractivity contribution < 1.29 is 13.2 Å². The van der Waals surface area contributed by atoms with Gasteiger partial charge in [0.1, 0.15) is 5.82 Å². The molecule has 0 radical (unpaired) electrons. The second kappa shape index (κ2) is 6.96. The van der Waals surface area contributed by atoms with Crippen molar-refractivity contribution in [1.82, 2.24) is 24.8 Å². The summed E-state index contributed by atoms with van der Waals surface area (Å²) in [6.07, 6.45) is -1.69. The molecule has 6 nitrogen and oxygen atoms in total. The van der Waals surface area contributed by atoms with Crippen molar-refractivity contribution in [2.75, 3.05) is 18.0 Å². The van der Waals surface area contributed by atoms with Crippen molar-refractivity contribution in [1.29, 1.82) is 0 Å². The molecule has 1 aliphatic heterocycles. The Morgan fingerprint density at radius 1 is 1.00 bits per heavy atom. The van der Waals surface area contributed by atoms with Gasteiger partial charge < -0.3 is 4.90 Å². The lowest BCUT2D eigenvalue weighted by Gasteiger charge is -2.33. The molecule has 0 N–H and O–H groups in total. The molecule has 0 aromatic carbocycles. The Labute approximate surface area is 166 Å². The molecule has 0 spiro atoms. The van der Waals surface area contributed by atoms with Crippen LogP contribution in [0.15, 0.2) is 30.5 Å². The van der Waals surface area contributed by atoms with E-state index in [1.807, 2.05) is 12.1 Å². The molecule has 0 saturated carbocycles. The van der Waals surface area contributed by atoms with Crippen LogP contribution in [-0.2, 0) is 11.6 Å². The summed E-state index contributed by atoms with van der Waals surface area (Å²) < 4.78 is 41.7. The highest BCUT2D eigenvalue weighted by atomic mass is 19.4. The van der Waals surface area contributed by atoms with Crippen molar-refractivity contribution >= 4 is 11.5 Å². The third-order valence-electron chi connectivity index (χ3n) is 5.31. The summed E-state index contributed by atoms with van der Waals surface area (Å²) in [5.74, 6) is 0.850. The van der Waals surface area contributed by atoms with Gasteiger partial charge in [0.2, 0.25) is 0 Å². The standard InChI is InChI=1S/C20H23F3N6/c1-19(2,3)15-6-7-16-25-26-17(29(16)27-15)13-8-11-28(12-9-13)18-14(20(21,22)23)5-4-10-24-18/h4-7,10,13H,8-9,11-12H2,1-3H3. The van der Waals surface area contributed by atoms with E-state index in [0.717, 1.165) is 17.6 Å². The van der Waals surface area contributed by atoms with Gasteiger partial charge >= 0.3 is 6.18 Å². The second-order valence-electron chi connectivity index (χ2n) is 8.43. The molecule has 1 aliphatic rings. The molecule has 3 aromatic rings. The molecule has 0 aliphatic carbocycles. The average Bonchev–Trinajstić information content (AvgIpc) is 3.10. The Kier molecular flexibility index (Phi) is 4.71. The van der Waals surface area contributed by atoms with Crippen molar-refractivity contribution in [3.8, 4) is 0 Å². The predicted molar refractivity (Wildman–Crippen MR) is 103 cm³/mol. The molecule has 0 amide bonds. The van der Waals surface area contributed by atoms with Gasteiger partial charge in [-0.05, 0) is 37.1 Å². The Balaban J connectivity index is 1.57. The molecule has 9 heteroatoms. The van der Waals surface area contributed by atoms with Crippen molar-refractivity contribution in [2.45, 2.75) is 51.1 Å². The Hall–Kier alpha value is -2.71. The normalized spacial score (nSPS) is 16.6. The van der Waals surface area contributed by atoms with Crippen LogP contribution in [0.2, 0.25) is 0 Å². The average molecular weight is 404 g/mol. The van der Waals surface area contributed by atoms with Gasteiger partial charge in [-0.15, -0.1) is 10.2 Å². The molecule has 1 fully saturated rings. The van der Waals surface area contributed by atoms with E-state index in [1.165, 1.54) is 12.3 Å². The lowest BCUT2D eigenvalue weighted by molar-refractivity contribution is -0.137. The first kappa shape index (κ1) is 19.6. The van der Waals surface area contributed by atoms with Crippen LogP contribution in [0.3, 0.4) is 0 Å². The van der Waals surface area contributed by atoms with E-state index in [1.54, 1.807) is 9.42 Å². The van der Waals surface area contributed by atoms with Crippen LogP contribution in [0, 0.1) is 0 Å². The first-order valence-corrected chi connectivity index (χ1v) is 9.64. The summed E-state index contributed by atoms with van der Waals surface area (Å²) in [7, 11) is 0. The summed E-state index contributed by atoms with van der Waals surface area (Å²) in [4.78, 5) is 5.71. The highest BCUT2D eigenvalue weighted by Crippen LogP contribution is 2.37. The Morgan fingerprint density at radius 2 is 1.72 bits per heavy atom. The molecule has 3 aromatic heterocycles. The van der Waals surface area contributed by atoms with Crippen LogP contribution in [0.5, 0.6) is 0 Å². The second-order valence-corrected chi connectivity index (χ2v) is 8.43. The highest BCUT2D eigenvalue weighted by molar-refractivity contribution is 5.49. The smallest absolute Gasteiger partial charge is 0.356 e. The summed E-state index contributed by atoms with van der Waals surface area (Å²) in [6.45, 7) is 7.22. The third kappa shape index (κ3) is 3.77. The van der Waals surface area contributed by atoms with E-state index >= 15 is 0 Å². The molecule has 1 saturated heterocycles. The number of rotatable bonds is 2. The number of pyridine rings is 1. The number of hydrogen-bond donors (Lipinski definition) is 0. The van der Waals surface area contributed by atoms with E-state index in [-0.39, 0.29) is 17.2 Å². The van der Waals surface area contributed by atoms with E-state index < -0.39 is 11.7 Å². The van der Waals surface area contributed by atoms with Gasteiger partial charge in [0, 0.05) is 30.6 Å². The molecule has 0 unspecified atom stereocenters. The van der Waals surface area contributed by atoms with E-state index in [0.29, 0.717) is 31.6 Å².